The van der Waals surface area contributed by atoms with Crippen LogP contribution in [0, 0.1) is 5.41 Å². The molecule has 0 aliphatic heterocycles. The summed E-state index contributed by atoms with van der Waals surface area (Å²) in [5.74, 6) is -2.11. The maximum Gasteiger partial charge on any atom is 0.407 e. The average molecular weight is 337 g/mol. The molecule has 0 saturated heterocycles. The van der Waals surface area contributed by atoms with Gasteiger partial charge in [-0.2, -0.15) is 0 Å². The summed E-state index contributed by atoms with van der Waals surface area (Å²) in [6.07, 6.45) is -0.788. The Labute approximate surface area is 141 Å². The molecule has 0 fully saturated rings. The van der Waals surface area contributed by atoms with E-state index in [2.05, 4.69) is 5.32 Å². The van der Waals surface area contributed by atoms with Gasteiger partial charge in [0, 0.05) is 5.41 Å². The highest BCUT2D eigenvalue weighted by molar-refractivity contribution is 5.84. The van der Waals surface area contributed by atoms with Crippen molar-refractivity contribution in [3.8, 4) is 0 Å². The van der Waals surface area contributed by atoms with Crippen LogP contribution in [0.1, 0.15) is 33.3 Å². The lowest BCUT2D eigenvalue weighted by atomic mass is 9.77. The van der Waals surface area contributed by atoms with E-state index in [4.69, 9.17) is 9.47 Å². The summed E-state index contributed by atoms with van der Waals surface area (Å²) in [6.45, 7) is 5.85. The first-order chi connectivity index (χ1) is 11.1. The van der Waals surface area contributed by atoms with E-state index in [1.54, 1.807) is 32.9 Å². The SMILES string of the molecule is CC(C)(C)[C@](C)(OC(=O)CNC(=O)OCc1ccccc1)C(=O)O. The monoisotopic (exact) mass is 337 g/mol. The molecule has 0 aliphatic rings. The highest BCUT2D eigenvalue weighted by Gasteiger charge is 2.48. The van der Waals surface area contributed by atoms with Crippen molar-refractivity contribution in [3.63, 3.8) is 0 Å². The van der Waals surface area contributed by atoms with Crippen LogP contribution in [0.2, 0.25) is 0 Å². The number of nitrogens with one attached hydrogen (secondary N) is 1. The highest BCUT2D eigenvalue weighted by atomic mass is 16.6. The van der Waals surface area contributed by atoms with E-state index in [1.165, 1.54) is 6.92 Å². The molecular weight excluding hydrogens is 314 g/mol. The van der Waals surface area contributed by atoms with Crippen LogP contribution in [0.5, 0.6) is 0 Å². The molecule has 0 spiro atoms. The number of esters is 1. The zero-order valence-electron chi connectivity index (χ0n) is 14.3. The molecule has 24 heavy (non-hydrogen) atoms. The largest absolute Gasteiger partial charge is 0.478 e. The van der Waals surface area contributed by atoms with E-state index >= 15 is 0 Å². The van der Waals surface area contributed by atoms with E-state index in [0.29, 0.717) is 0 Å². The molecule has 132 valence electrons. The molecule has 1 aromatic carbocycles. The van der Waals surface area contributed by atoms with Crippen molar-refractivity contribution < 1.29 is 29.0 Å². The second kappa shape index (κ2) is 7.81. The highest BCUT2D eigenvalue weighted by Crippen LogP contribution is 2.33. The number of ether oxygens (including phenoxy) is 2. The fraction of sp³-hybridized carbons (Fsp3) is 0.471. The predicted molar refractivity (Wildman–Crippen MR) is 86.2 cm³/mol. The average Bonchev–Trinajstić information content (AvgIpc) is 2.50. The minimum absolute atomic E-state index is 0.0660. The number of benzene rings is 1. The number of hydrogen-bond acceptors (Lipinski definition) is 5. The molecule has 1 atom stereocenters. The van der Waals surface area contributed by atoms with E-state index < -0.39 is 35.6 Å². The minimum atomic E-state index is -1.71. The molecular formula is C17H23NO6. The summed E-state index contributed by atoms with van der Waals surface area (Å²) in [5, 5.41) is 11.6. The Bertz CT molecular complexity index is 593. The van der Waals surface area contributed by atoms with Gasteiger partial charge in [0.25, 0.3) is 0 Å². The van der Waals surface area contributed by atoms with E-state index in [-0.39, 0.29) is 6.61 Å². The van der Waals surface area contributed by atoms with Gasteiger partial charge in [0.1, 0.15) is 13.2 Å². The van der Waals surface area contributed by atoms with Crippen molar-refractivity contribution in [3.05, 3.63) is 35.9 Å². The third-order valence-corrected chi connectivity index (χ3v) is 3.75. The molecule has 0 unspecified atom stereocenters. The molecule has 0 heterocycles. The summed E-state index contributed by atoms with van der Waals surface area (Å²) >= 11 is 0. The number of carbonyl (C=O) groups excluding carboxylic acids is 2. The molecule has 1 rings (SSSR count). The normalized spacial score (nSPS) is 13.5. The van der Waals surface area contributed by atoms with Crippen LogP contribution in [0.4, 0.5) is 4.79 Å². The number of alkyl carbamates (subject to hydrolysis) is 1. The van der Waals surface area contributed by atoms with Crippen LogP contribution in [-0.4, -0.2) is 35.3 Å². The Hall–Kier alpha value is -2.57. The first-order valence-corrected chi connectivity index (χ1v) is 7.46. The summed E-state index contributed by atoms with van der Waals surface area (Å²) < 4.78 is 10.0. The molecule has 1 aromatic rings. The fourth-order valence-electron chi connectivity index (χ4n) is 1.70. The zero-order valence-corrected chi connectivity index (χ0v) is 14.3. The second-order valence-corrected chi connectivity index (χ2v) is 6.48. The van der Waals surface area contributed by atoms with Gasteiger partial charge in [0.15, 0.2) is 0 Å². The molecule has 7 nitrogen and oxygen atoms in total. The topological polar surface area (TPSA) is 102 Å². The van der Waals surface area contributed by atoms with Gasteiger partial charge >= 0.3 is 18.0 Å². The van der Waals surface area contributed by atoms with Gasteiger partial charge in [-0.1, -0.05) is 51.1 Å². The Kier molecular flexibility index (Phi) is 6.34. The smallest absolute Gasteiger partial charge is 0.407 e. The van der Waals surface area contributed by atoms with Crippen LogP contribution in [0.25, 0.3) is 0 Å². The lowest BCUT2D eigenvalue weighted by Crippen LogP contribution is -2.52. The third kappa shape index (κ3) is 5.26. The number of carbonyl (C=O) groups is 3. The number of carboxylic acid groups (broad SMARTS) is 1. The molecule has 1 amide bonds. The molecule has 0 aromatic heterocycles. The minimum Gasteiger partial charge on any atom is -0.478 e. The van der Waals surface area contributed by atoms with Crippen molar-refractivity contribution in [2.24, 2.45) is 5.41 Å². The van der Waals surface area contributed by atoms with Gasteiger partial charge in [0.2, 0.25) is 5.60 Å². The maximum absolute atomic E-state index is 11.8. The van der Waals surface area contributed by atoms with Crippen molar-refractivity contribution >= 4 is 18.0 Å². The zero-order chi connectivity index (χ0) is 18.4. The van der Waals surface area contributed by atoms with Gasteiger partial charge in [0.05, 0.1) is 0 Å². The predicted octanol–water partition coefficient (Wildman–Crippen LogP) is 2.35. The van der Waals surface area contributed by atoms with Crippen LogP contribution < -0.4 is 5.32 Å². The lowest BCUT2D eigenvalue weighted by Gasteiger charge is -2.37. The van der Waals surface area contributed by atoms with E-state index in [0.717, 1.165) is 5.56 Å². The summed E-state index contributed by atoms with van der Waals surface area (Å²) in [7, 11) is 0. The Morgan fingerprint density at radius 2 is 1.67 bits per heavy atom. The molecule has 0 aliphatic carbocycles. The van der Waals surface area contributed by atoms with Gasteiger partial charge in [-0.15, -0.1) is 0 Å². The van der Waals surface area contributed by atoms with Crippen LogP contribution in [0.3, 0.4) is 0 Å². The van der Waals surface area contributed by atoms with Crippen molar-refractivity contribution in [2.45, 2.75) is 39.9 Å². The first kappa shape index (κ1) is 19.5. The first-order valence-electron chi connectivity index (χ1n) is 7.46. The standard InChI is InChI=1S/C17H23NO6/c1-16(2,3)17(4,14(20)21)24-13(19)10-18-15(22)23-11-12-8-6-5-7-9-12/h5-9H,10-11H2,1-4H3,(H,18,22)(H,20,21)/t17-/m1/s1. The molecule has 2 N–H and O–H groups in total. The van der Waals surface area contributed by atoms with Crippen molar-refractivity contribution in [2.75, 3.05) is 6.54 Å². The van der Waals surface area contributed by atoms with E-state index in [1.807, 2.05) is 18.2 Å². The third-order valence-electron chi connectivity index (χ3n) is 3.75. The van der Waals surface area contributed by atoms with Crippen LogP contribution in [-0.2, 0) is 25.7 Å². The van der Waals surface area contributed by atoms with Crippen molar-refractivity contribution in [1.29, 1.82) is 0 Å². The number of rotatable bonds is 6. The molecule has 0 saturated carbocycles. The second-order valence-electron chi connectivity index (χ2n) is 6.48. The summed E-state index contributed by atoms with van der Waals surface area (Å²) in [4.78, 5) is 34.8. The molecule has 0 bridgehead atoms. The Morgan fingerprint density at radius 1 is 1.08 bits per heavy atom. The molecule has 0 radical (unpaired) electrons. The number of hydrogen-bond donors (Lipinski definition) is 2. The van der Waals surface area contributed by atoms with Crippen LogP contribution >= 0.6 is 0 Å². The number of amides is 1. The van der Waals surface area contributed by atoms with Crippen LogP contribution in [0.15, 0.2) is 30.3 Å². The fourth-order valence-corrected chi connectivity index (χ4v) is 1.70. The molecule has 7 heteroatoms. The van der Waals surface area contributed by atoms with Gasteiger partial charge in [-0.05, 0) is 12.5 Å². The summed E-state index contributed by atoms with van der Waals surface area (Å²) in [6, 6.07) is 9.06. The number of aliphatic carboxylic acids is 1. The van der Waals surface area contributed by atoms with Crippen molar-refractivity contribution in [1.82, 2.24) is 5.32 Å². The lowest BCUT2D eigenvalue weighted by molar-refractivity contribution is -0.189. The van der Waals surface area contributed by atoms with Gasteiger partial charge in [-0.25, -0.2) is 9.59 Å². The van der Waals surface area contributed by atoms with E-state index in [9.17, 15) is 19.5 Å². The number of carboxylic acids is 1. The quantitative estimate of drug-likeness (QED) is 0.773. The Balaban J connectivity index is 2.47. The summed E-state index contributed by atoms with van der Waals surface area (Å²) in [5.41, 5.74) is -1.72. The maximum atomic E-state index is 11.8. The Morgan fingerprint density at radius 3 is 2.17 bits per heavy atom. The van der Waals surface area contributed by atoms with Gasteiger partial charge < -0.3 is 19.9 Å². The van der Waals surface area contributed by atoms with Gasteiger partial charge in [-0.3, -0.25) is 4.79 Å².